The molecule has 0 aliphatic rings. The lowest BCUT2D eigenvalue weighted by atomic mass is 9.78. The summed E-state index contributed by atoms with van der Waals surface area (Å²) in [7, 11) is -0.304. The first-order valence-electron chi connectivity index (χ1n) is 8.72. The molecule has 0 saturated heterocycles. The molecule has 0 saturated carbocycles. The van der Waals surface area contributed by atoms with Crippen molar-refractivity contribution >= 4 is 47.0 Å². The largest absolute Gasteiger partial charge is 0.489 e. The molecule has 5 N–H and O–H groups in total. The van der Waals surface area contributed by atoms with Crippen molar-refractivity contribution in [1.29, 1.82) is 0 Å². The molecule has 2 aromatic rings. The van der Waals surface area contributed by atoms with Gasteiger partial charge in [0, 0.05) is 18.1 Å². The number of hydrogen-bond donors (Lipinski definition) is 4. The third-order valence-electron chi connectivity index (χ3n) is 4.04. The second-order valence-corrected chi connectivity index (χ2v) is 7.50. The number of nitrogens with zero attached hydrogens (tertiary/aromatic N) is 2. The minimum absolute atomic E-state index is 0.107. The van der Waals surface area contributed by atoms with Crippen molar-refractivity contribution in [2.75, 3.05) is 18.1 Å². The summed E-state index contributed by atoms with van der Waals surface area (Å²) in [6.45, 7) is 6.74. The summed E-state index contributed by atoms with van der Waals surface area (Å²) >= 11 is 0. The van der Waals surface area contributed by atoms with Gasteiger partial charge in [0.15, 0.2) is 0 Å². The zero-order chi connectivity index (χ0) is 21.2. The van der Waals surface area contributed by atoms with E-state index >= 15 is 0 Å². The molecule has 1 aromatic carbocycles. The molecule has 0 radical (unpaired) electrons. The van der Waals surface area contributed by atoms with Crippen LogP contribution in [0.3, 0.4) is 0 Å². The van der Waals surface area contributed by atoms with Crippen molar-refractivity contribution in [3.63, 3.8) is 0 Å². The number of nitrogens with two attached hydrogens (primary N) is 1. The van der Waals surface area contributed by atoms with Gasteiger partial charge in [0.05, 0.1) is 5.52 Å². The van der Waals surface area contributed by atoms with Crippen LogP contribution in [-0.4, -0.2) is 57.7 Å². The maximum atomic E-state index is 12.6. The number of nitrogens with one attached hydrogen (secondary N) is 1. The van der Waals surface area contributed by atoms with Crippen LogP contribution in [0.1, 0.15) is 27.7 Å². The fourth-order valence-electron chi connectivity index (χ4n) is 2.45. The molecule has 1 unspecified atom stereocenters. The first-order chi connectivity index (χ1) is 12.9. The Morgan fingerprint density at radius 1 is 1.29 bits per heavy atom. The van der Waals surface area contributed by atoms with Crippen molar-refractivity contribution in [2.24, 2.45) is 0 Å². The SMILES string of the molecule is CC(C(=O)Nc1cc(B(O)O)c2ccc(N)cc2n1)N(C)C(=O)OC(C)(C)C. The van der Waals surface area contributed by atoms with Gasteiger partial charge >= 0.3 is 13.2 Å². The highest BCUT2D eigenvalue weighted by molar-refractivity contribution is 6.62. The lowest BCUT2D eigenvalue weighted by Crippen LogP contribution is -2.45. The number of carbonyl (C=O) groups excluding carboxylic acids is 2. The van der Waals surface area contributed by atoms with E-state index in [0.717, 1.165) is 0 Å². The van der Waals surface area contributed by atoms with Crippen molar-refractivity contribution in [1.82, 2.24) is 9.88 Å². The number of pyridine rings is 1. The molecule has 10 heteroatoms. The van der Waals surface area contributed by atoms with Gasteiger partial charge in [-0.05, 0) is 51.4 Å². The summed E-state index contributed by atoms with van der Waals surface area (Å²) < 4.78 is 5.25. The first kappa shape index (κ1) is 21.5. The van der Waals surface area contributed by atoms with Crippen LogP contribution >= 0.6 is 0 Å². The van der Waals surface area contributed by atoms with Gasteiger partial charge in [-0.25, -0.2) is 9.78 Å². The van der Waals surface area contributed by atoms with Gasteiger partial charge in [0.25, 0.3) is 0 Å². The second kappa shape index (κ2) is 8.03. The van der Waals surface area contributed by atoms with Gasteiger partial charge in [0.2, 0.25) is 5.91 Å². The second-order valence-electron chi connectivity index (χ2n) is 7.50. The number of likely N-dealkylation sites (N-methyl/N-ethyl adjacent to an activating group) is 1. The Morgan fingerprint density at radius 2 is 1.93 bits per heavy atom. The third kappa shape index (κ3) is 5.11. The zero-order valence-electron chi connectivity index (χ0n) is 16.6. The summed E-state index contributed by atoms with van der Waals surface area (Å²) in [6.07, 6.45) is -0.638. The number of hydrogen-bond acceptors (Lipinski definition) is 7. The maximum absolute atomic E-state index is 12.6. The Kier molecular flexibility index (Phi) is 6.15. The molecule has 28 heavy (non-hydrogen) atoms. The number of amides is 2. The predicted molar refractivity (Wildman–Crippen MR) is 108 cm³/mol. The maximum Gasteiger partial charge on any atom is 0.489 e. The van der Waals surface area contributed by atoms with Crippen LogP contribution in [0.25, 0.3) is 10.9 Å². The van der Waals surface area contributed by atoms with Gasteiger partial charge in [0.1, 0.15) is 17.5 Å². The molecule has 2 rings (SSSR count). The Labute approximate surface area is 163 Å². The Morgan fingerprint density at radius 3 is 2.50 bits per heavy atom. The molecule has 0 aliphatic heterocycles. The Balaban J connectivity index is 2.25. The lowest BCUT2D eigenvalue weighted by Gasteiger charge is -2.28. The monoisotopic (exact) mass is 388 g/mol. The molecule has 0 aliphatic carbocycles. The molecule has 0 fully saturated rings. The minimum Gasteiger partial charge on any atom is -0.444 e. The molecule has 1 atom stereocenters. The molecule has 2 amide bonds. The summed E-state index contributed by atoms with van der Waals surface area (Å²) in [5.74, 6) is -0.405. The van der Waals surface area contributed by atoms with Crippen molar-refractivity contribution < 1.29 is 24.4 Å². The summed E-state index contributed by atoms with van der Waals surface area (Å²) in [6, 6.07) is 5.31. The fourth-order valence-corrected chi connectivity index (χ4v) is 2.45. The molecule has 1 aromatic heterocycles. The van der Waals surface area contributed by atoms with Gasteiger partial charge < -0.3 is 25.8 Å². The van der Waals surface area contributed by atoms with E-state index in [4.69, 9.17) is 10.5 Å². The van der Waals surface area contributed by atoms with E-state index in [1.165, 1.54) is 18.0 Å². The van der Waals surface area contributed by atoms with E-state index in [2.05, 4.69) is 10.3 Å². The van der Waals surface area contributed by atoms with Crippen LogP contribution in [0.2, 0.25) is 0 Å². The molecule has 1 heterocycles. The number of benzene rings is 1. The average molecular weight is 388 g/mol. The van der Waals surface area contributed by atoms with E-state index in [1.807, 2.05) is 0 Å². The van der Waals surface area contributed by atoms with Crippen LogP contribution in [0, 0.1) is 0 Å². The standard InChI is InChI=1S/C18H25BN4O5/c1-10(23(5)17(25)28-18(2,3)4)16(24)22-15-9-13(19(26)27)12-7-6-11(20)8-14(12)21-15/h6-10,26-27H,20H2,1-5H3,(H,21,22,24). The normalized spacial score (nSPS) is 12.4. The number of ether oxygens (including phenoxy) is 1. The zero-order valence-corrected chi connectivity index (χ0v) is 16.6. The number of anilines is 2. The number of nitrogen functional groups attached to an aromatic ring is 1. The van der Waals surface area contributed by atoms with Crippen molar-refractivity contribution in [3.8, 4) is 0 Å². The molecule has 9 nitrogen and oxygen atoms in total. The molecular formula is C18H25BN4O5. The van der Waals surface area contributed by atoms with Crippen LogP contribution in [0.5, 0.6) is 0 Å². The summed E-state index contributed by atoms with van der Waals surface area (Å²) in [4.78, 5) is 30.2. The van der Waals surface area contributed by atoms with Gasteiger partial charge in [-0.1, -0.05) is 6.07 Å². The predicted octanol–water partition coefficient (Wildman–Crippen LogP) is 0.691. The quantitative estimate of drug-likeness (QED) is 0.447. The number of carbonyl (C=O) groups is 2. The van der Waals surface area contributed by atoms with Crippen LogP contribution in [0.15, 0.2) is 24.3 Å². The first-order valence-corrected chi connectivity index (χ1v) is 8.72. The van der Waals surface area contributed by atoms with Gasteiger partial charge in [-0.3, -0.25) is 9.69 Å². The van der Waals surface area contributed by atoms with Crippen LogP contribution in [0.4, 0.5) is 16.3 Å². The van der Waals surface area contributed by atoms with E-state index in [1.54, 1.807) is 45.9 Å². The number of fused-ring (bicyclic) bond motifs is 1. The number of aromatic nitrogens is 1. The van der Waals surface area contributed by atoms with Crippen LogP contribution in [-0.2, 0) is 9.53 Å². The molecule has 150 valence electrons. The van der Waals surface area contributed by atoms with Crippen LogP contribution < -0.4 is 16.5 Å². The highest BCUT2D eigenvalue weighted by Crippen LogP contribution is 2.18. The highest BCUT2D eigenvalue weighted by atomic mass is 16.6. The molecular weight excluding hydrogens is 363 g/mol. The lowest BCUT2D eigenvalue weighted by molar-refractivity contribution is -0.120. The molecule has 0 spiro atoms. The number of rotatable bonds is 4. The van der Waals surface area contributed by atoms with Gasteiger partial charge in [-0.2, -0.15) is 0 Å². The topological polar surface area (TPSA) is 138 Å². The fraction of sp³-hybridized carbons (Fsp3) is 0.389. The van der Waals surface area contributed by atoms with Gasteiger partial charge in [-0.15, -0.1) is 0 Å². The van der Waals surface area contributed by atoms with E-state index in [0.29, 0.717) is 16.6 Å². The summed E-state index contributed by atoms with van der Waals surface area (Å²) in [5.41, 5.74) is 6.09. The Bertz CT molecular complexity index is 897. The Hall–Kier alpha value is -2.85. The third-order valence-corrected chi connectivity index (χ3v) is 4.04. The van der Waals surface area contributed by atoms with E-state index in [-0.39, 0.29) is 11.3 Å². The van der Waals surface area contributed by atoms with Crippen molar-refractivity contribution in [3.05, 3.63) is 24.3 Å². The average Bonchev–Trinajstić information content (AvgIpc) is 2.57. The summed E-state index contributed by atoms with van der Waals surface area (Å²) in [5, 5.41) is 22.4. The van der Waals surface area contributed by atoms with Crippen molar-refractivity contribution in [2.45, 2.75) is 39.3 Å². The highest BCUT2D eigenvalue weighted by Gasteiger charge is 2.27. The van der Waals surface area contributed by atoms with E-state index < -0.39 is 30.8 Å². The minimum atomic E-state index is -1.76. The smallest absolute Gasteiger partial charge is 0.444 e. The molecule has 0 bridgehead atoms. The van der Waals surface area contributed by atoms with E-state index in [9.17, 15) is 19.6 Å².